The molecule has 0 saturated carbocycles. The summed E-state index contributed by atoms with van der Waals surface area (Å²) in [6, 6.07) is 7.39. The third-order valence-corrected chi connectivity index (χ3v) is 4.07. The van der Waals surface area contributed by atoms with E-state index >= 15 is 0 Å². The number of hydrogen-bond donors (Lipinski definition) is 0. The number of hydrogen-bond acceptors (Lipinski definition) is 5. The van der Waals surface area contributed by atoms with E-state index in [-0.39, 0.29) is 23.6 Å². The number of aryl methyl sites for hydroxylation is 2. The fourth-order valence-corrected chi connectivity index (χ4v) is 3.01. The number of esters is 1. The van der Waals surface area contributed by atoms with Crippen molar-refractivity contribution in [2.24, 2.45) is 0 Å². The molecule has 6 nitrogen and oxygen atoms in total. The first-order chi connectivity index (χ1) is 11.0. The van der Waals surface area contributed by atoms with Crippen molar-refractivity contribution in [2.45, 2.75) is 26.2 Å². The third kappa shape index (κ3) is 2.60. The van der Waals surface area contributed by atoms with Gasteiger partial charge in [0.05, 0.1) is 18.7 Å². The first-order valence-electron chi connectivity index (χ1n) is 7.45. The SMILES string of the molecule is COC(=O)[C@@H]1CCN(C(=O)c2oc(C)nc2C)c2ccccc21. The van der Waals surface area contributed by atoms with E-state index in [0.29, 0.717) is 30.2 Å². The van der Waals surface area contributed by atoms with Crippen molar-refractivity contribution in [3.8, 4) is 0 Å². The first-order valence-corrected chi connectivity index (χ1v) is 7.45. The Kier molecular flexibility index (Phi) is 3.90. The molecular weight excluding hydrogens is 296 g/mol. The number of oxazole rings is 1. The predicted octanol–water partition coefficient (Wildman–Crippen LogP) is 2.60. The Balaban J connectivity index is 2.00. The van der Waals surface area contributed by atoms with E-state index in [1.807, 2.05) is 24.3 Å². The maximum absolute atomic E-state index is 12.8. The Hall–Kier alpha value is -2.63. The van der Waals surface area contributed by atoms with Gasteiger partial charge in [0.15, 0.2) is 5.89 Å². The fraction of sp³-hybridized carbons (Fsp3) is 0.353. The van der Waals surface area contributed by atoms with E-state index in [2.05, 4.69) is 4.98 Å². The van der Waals surface area contributed by atoms with Crippen LogP contribution in [-0.2, 0) is 9.53 Å². The van der Waals surface area contributed by atoms with Crippen molar-refractivity contribution < 1.29 is 18.7 Å². The Morgan fingerprint density at radius 1 is 1.30 bits per heavy atom. The Labute approximate surface area is 134 Å². The van der Waals surface area contributed by atoms with Crippen molar-refractivity contribution in [2.75, 3.05) is 18.6 Å². The van der Waals surface area contributed by atoms with Crippen molar-refractivity contribution >= 4 is 17.6 Å². The van der Waals surface area contributed by atoms with Crippen LogP contribution in [0.5, 0.6) is 0 Å². The van der Waals surface area contributed by atoms with Gasteiger partial charge in [-0.25, -0.2) is 4.98 Å². The molecule has 1 atom stereocenters. The van der Waals surface area contributed by atoms with Gasteiger partial charge in [0.25, 0.3) is 5.91 Å². The molecular formula is C17H18N2O4. The summed E-state index contributed by atoms with van der Waals surface area (Å²) >= 11 is 0. The summed E-state index contributed by atoms with van der Waals surface area (Å²) < 4.78 is 10.3. The van der Waals surface area contributed by atoms with Gasteiger partial charge in [-0.15, -0.1) is 0 Å². The van der Waals surface area contributed by atoms with Crippen LogP contribution >= 0.6 is 0 Å². The number of methoxy groups -OCH3 is 1. The zero-order valence-electron chi connectivity index (χ0n) is 13.3. The molecule has 0 unspecified atom stereocenters. The summed E-state index contributed by atoms with van der Waals surface area (Å²) in [5.74, 6) is -0.162. The quantitative estimate of drug-likeness (QED) is 0.797. The number of benzene rings is 1. The minimum atomic E-state index is -0.349. The fourth-order valence-electron chi connectivity index (χ4n) is 3.01. The van der Waals surface area contributed by atoms with Gasteiger partial charge in [-0.2, -0.15) is 0 Å². The predicted molar refractivity (Wildman–Crippen MR) is 83.5 cm³/mol. The molecule has 1 amide bonds. The lowest BCUT2D eigenvalue weighted by Crippen LogP contribution is -2.38. The molecule has 1 aromatic heterocycles. The zero-order chi connectivity index (χ0) is 16.6. The first kappa shape index (κ1) is 15.3. The number of amides is 1. The van der Waals surface area contributed by atoms with E-state index in [4.69, 9.17) is 9.15 Å². The van der Waals surface area contributed by atoms with Crippen LogP contribution in [0.2, 0.25) is 0 Å². The zero-order valence-corrected chi connectivity index (χ0v) is 13.3. The van der Waals surface area contributed by atoms with Crippen LogP contribution in [0.4, 0.5) is 5.69 Å². The summed E-state index contributed by atoms with van der Waals surface area (Å²) in [7, 11) is 1.38. The summed E-state index contributed by atoms with van der Waals surface area (Å²) in [6.45, 7) is 3.88. The average Bonchev–Trinajstić information content (AvgIpc) is 2.91. The lowest BCUT2D eigenvalue weighted by molar-refractivity contribution is -0.142. The number of para-hydroxylation sites is 1. The van der Waals surface area contributed by atoms with Crippen LogP contribution in [0.3, 0.4) is 0 Å². The molecule has 1 aliphatic heterocycles. The summed E-state index contributed by atoms with van der Waals surface area (Å²) in [4.78, 5) is 30.6. The molecule has 3 rings (SSSR count). The molecule has 0 fully saturated rings. The second-order valence-electron chi connectivity index (χ2n) is 5.53. The maximum Gasteiger partial charge on any atom is 0.313 e. The van der Waals surface area contributed by atoms with Gasteiger partial charge in [0, 0.05) is 19.2 Å². The molecule has 1 aliphatic rings. The van der Waals surface area contributed by atoms with E-state index in [1.54, 1.807) is 18.7 Å². The molecule has 2 aromatic rings. The minimum absolute atomic E-state index is 0.237. The van der Waals surface area contributed by atoms with Crippen molar-refractivity contribution in [3.63, 3.8) is 0 Å². The minimum Gasteiger partial charge on any atom is -0.469 e. The summed E-state index contributed by atoms with van der Waals surface area (Å²) in [5.41, 5.74) is 2.08. The van der Waals surface area contributed by atoms with Crippen LogP contribution in [0.15, 0.2) is 28.7 Å². The van der Waals surface area contributed by atoms with E-state index < -0.39 is 0 Å². The molecule has 0 saturated heterocycles. The van der Waals surface area contributed by atoms with Gasteiger partial charge in [-0.3, -0.25) is 9.59 Å². The molecule has 0 bridgehead atoms. The van der Waals surface area contributed by atoms with Gasteiger partial charge in [0.2, 0.25) is 5.76 Å². The number of aromatic nitrogens is 1. The number of carbonyl (C=O) groups is 2. The molecule has 6 heteroatoms. The molecule has 1 aromatic carbocycles. The number of carbonyl (C=O) groups excluding carboxylic acids is 2. The topological polar surface area (TPSA) is 72.6 Å². The molecule has 120 valence electrons. The van der Waals surface area contributed by atoms with E-state index in [0.717, 1.165) is 5.56 Å². The molecule has 0 spiro atoms. The van der Waals surface area contributed by atoms with Crippen LogP contribution in [0.1, 0.15) is 40.0 Å². The van der Waals surface area contributed by atoms with Crippen LogP contribution in [-0.4, -0.2) is 30.5 Å². The van der Waals surface area contributed by atoms with Crippen molar-refractivity contribution in [3.05, 3.63) is 47.2 Å². The van der Waals surface area contributed by atoms with Crippen molar-refractivity contribution in [1.29, 1.82) is 0 Å². The largest absolute Gasteiger partial charge is 0.469 e. The highest BCUT2D eigenvalue weighted by Crippen LogP contribution is 2.36. The van der Waals surface area contributed by atoms with Gasteiger partial charge in [-0.1, -0.05) is 18.2 Å². The summed E-state index contributed by atoms with van der Waals surface area (Å²) in [6.07, 6.45) is 0.515. The molecule has 0 aliphatic carbocycles. The lowest BCUT2D eigenvalue weighted by Gasteiger charge is -2.32. The van der Waals surface area contributed by atoms with Gasteiger partial charge in [0.1, 0.15) is 0 Å². The second kappa shape index (κ2) is 5.87. The number of anilines is 1. The molecule has 2 heterocycles. The van der Waals surface area contributed by atoms with Gasteiger partial charge in [-0.05, 0) is 25.0 Å². The maximum atomic E-state index is 12.8. The second-order valence-corrected chi connectivity index (χ2v) is 5.53. The van der Waals surface area contributed by atoms with E-state index in [1.165, 1.54) is 7.11 Å². The number of fused-ring (bicyclic) bond motifs is 1. The highest BCUT2D eigenvalue weighted by Gasteiger charge is 2.34. The lowest BCUT2D eigenvalue weighted by atomic mass is 9.89. The normalized spacial score (nSPS) is 16.8. The molecule has 23 heavy (non-hydrogen) atoms. The average molecular weight is 314 g/mol. The number of ether oxygens (including phenoxy) is 1. The number of rotatable bonds is 2. The van der Waals surface area contributed by atoms with Gasteiger partial charge >= 0.3 is 5.97 Å². The standard InChI is InChI=1S/C17H18N2O4/c1-10-15(23-11(2)18-10)16(20)19-9-8-13(17(21)22-3)12-6-4-5-7-14(12)19/h4-7,13H,8-9H2,1-3H3/t13-/m1/s1. The van der Waals surface area contributed by atoms with Crippen LogP contribution < -0.4 is 4.90 Å². The Morgan fingerprint density at radius 3 is 2.70 bits per heavy atom. The highest BCUT2D eigenvalue weighted by atomic mass is 16.5. The number of nitrogens with zero attached hydrogens (tertiary/aromatic N) is 2. The van der Waals surface area contributed by atoms with Crippen LogP contribution in [0, 0.1) is 13.8 Å². The smallest absolute Gasteiger partial charge is 0.313 e. The van der Waals surface area contributed by atoms with Gasteiger partial charge < -0.3 is 14.1 Å². The molecule has 0 radical (unpaired) electrons. The van der Waals surface area contributed by atoms with Crippen LogP contribution in [0.25, 0.3) is 0 Å². The van der Waals surface area contributed by atoms with Crippen molar-refractivity contribution in [1.82, 2.24) is 4.98 Å². The monoisotopic (exact) mass is 314 g/mol. The third-order valence-electron chi connectivity index (χ3n) is 4.07. The van der Waals surface area contributed by atoms with E-state index in [9.17, 15) is 9.59 Å². The Bertz CT molecular complexity index is 766. The molecule has 0 N–H and O–H groups in total. The summed E-state index contributed by atoms with van der Waals surface area (Å²) in [5, 5.41) is 0. The Morgan fingerprint density at radius 2 is 2.04 bits per heavy atom. The highest BCUT2D eigenvalue weighted by molar-refractivity contribution is 6.06.